The standard InChI is InChI=1S/C17H35N3/c1-14-4-6-16(7-5-14)17(12-18)20(3)13-15-8-10-19(2)11-9-15/h14-17H,4-13,18H2,1-3H3. The minimum Gasteiger partial charge on any atom is -0.329 e. The molecule has 3 heteroatoms. The maximum absolute atomic E-state index is 6.12. The third kappa shape index (κ3) is 4.44. The van der Waals surface area contributed by atoms with Crippen LogP contribution in [-0.2, 0) is 0 Å². The van der Waals surface area contributed by atoms with Crippen molar-refractivity contribution in [3.63, 3.8) is 0 Å². The molecule has 3 nitrogen and oxygen atoms in total. The predicted octanol–water partition coefficient (Wildman–Crippen LogP) is 2.41. The van der Waals surface area contributed by atoms with Crippen molar-refractivity contribution in [2.24, 2.45) is 23.5 Å². The van der Waals surface area contributed by atoms with Gasteiger partial charge in [0.2, 0.25) is 0 Å². The molecule has 0 aromatic rings. The number of nitrogens with two attached hydrogens (primary N) is 1. The van der Waals surface area contributed by atoms with Crippen LogP contribution in [0.5, 0.6) is 0 Å². The molecule has 1 heterocycles. The van der Waals surface area contributed by atoms with Crippen molar-refractivity contribution in [1.29, 1.82) is 0 Å². The van der Waals surface area contributed by atoms with Gasteiger partial charge in [-0.15, -0.1) is 0 Å². The van der Waals surface area contributed by atoms with Crippen LogP contribution in [0.25, 0.3) is 0 Å². The van der Waals surface area contributed by atoms with Gasteiger partial charge in [0.05, 0.1) is 0 Å². The molecule has 1 atom stereocenters. The Morgan fingerprint density at radius 3 is 2.25 bits per heavy atom. The summed E-state index contributed by atoms with van der Waals surface area (Å²) in [4.78, 5) is 5.05. The molecule has 2 N–H and O–H groups in total. The summed E-state index contributed by atoms with van der Waals surface area (Å²) >= 11 is 0. The first-order valence-electron chi connectivity index (χ1n) is 8.69. The lowest BCUT2D eigenvalue weighted by Crippen LogP contribution is -2.47. The third-order valence-corrected chi connectivity index (χ3v) is 5.80. The zero-order valence-electron chi connectivity index (χ0n) is 13.9. The van der Waals surface area contributed by atoms with Crippen LogP contribution in [0, 0.1) is 17.8 Å². The Morgan fingerprint density at radius 2 is 1.70 bits per heavy atom. The molecule has 0 radical (unpaired) electrons. The Bertz CT molecular complexity index is 265. The largest absolute Gasteiger partial charge is 0.329 e. The number of hydrogen-bond acceptors (Lipinski definition) is 3. The summed E-state index contributed by atoms with van der Waals surface area (Å²) in [6.07, 6.45) is 8.31. The van der Waals surface area contributed by atoms with E-state index in [0.29, 0.717) is 6.04 Å². The van der Waals surface area contributed by atoms with E-state index in [1.807, 2.05) is 0 Å². The van der Waals surface area contributed by atoms with E-state index in [4.69, 9.17) is 5.73 Å². The molecule has 0 amide bonds. The molecule has 1 saturated carbocycles. The first-order chi connectivity index (χ1) is 9.60. The second-order valence-electron chi connectivity index (χ2n) is 7.51. The van der Waals surface area contributed by atoms with Crippen LogP contribution in [0.15, 0.2) is 0 Å². The van der Waals surface area contributed by atoms with Crippen molar-refractivity contribution in [3.05, 3.63) is 0 Å². The van der Waals surface area contributed by atoms with Crippen LogP contribution in [0.1, 0.15) is 45.4 Å². The average Bonchev–Trinajstić information content (AvgIpc) is 2.44. The van der Waals surface area contributed by atoms with Crippen LogP contribution >= 0.6 is 0 Å². The predicted molar refractivity (Wildman–Crippen MR) is 86.8 cm³/mol. The maximum atomic E-state index is 6.12. The second kappa shape index (κ2) is 7.77. The van der Waals surface area contributed by atoms with Gasteiger partial charge in [0.25, 0.3) is 0 Å². The van der Waals surface area contributed by atoms with E-state index >= 15 is 0 Å². The second-order valence-corrected chi connectivity index (χ2v) is 7.51. The van der Waals surface area contributed by atoms with E-state index in [1.165, 1.54) is 58.2 Å². The lowest BCUT2D eigenvalue weighted by Gasteiger charge is -2.40. The van der Waals surface area contributed by atoms with Gasteiger partial charge in [0, 0.05) is 19.1 Å². The Morgan fingerprint density at radius 1 is 1.10 bits per heavy atom. The van der Waals surface area contributed by atoms with Gasteiger partial charge in [-0.05, 0) is 70.6 Å². The van der Waals surface area contributed by atoms with E-state index in [1.54, 1.807) is 0 Å². The molecule has 2 fully saturated rings. The fourth-order valence-electron chi connectivity index (χ4n) is 4.19. The van der Waals surface area contributed by atoms with Gasteiger partial charge < -0.3 is 15.5 Å². The SMILES string of the molecule is CC1CCC(C(CN)N(C)CC2CCN(C)CC2)CC1. The normalized spacial score (nSPS) is 31.6. The molecule has 0 aromatic carbocycles. The number of hydrogen-bond donors (Lipinski definition) is 1. The van der Waals surface area contributed by atoms with Crippen LogP contribution in [0.4, 0.5) is 0 Å². The highest BCUT2D eigenvalue weighted by molar-refractivity contribution is 4.84. The minimum atomic E-state index is 0.613. The molecule has 0 bridgehead atoms. The van der Waals surface area contributed by atoms with E-state index in [2.05, 4.69) is 30.8 Å². The third-order valence-electron chi connectivity index (χ3n) is 5.80. The monoisotopic (exact) mass is 281 g/mol. The van der Waals surface area contributed by atoms with Crippen molar-refractivity contribution in [2.75, 3.05) is 40.3 Å². The lowest BCUT2D eigenvalue weighted by atomic mass is 9.78. The fraction of sp³-hybridized carbons (Fsp3) is 1.00. The van der Waals surface area contributed by atoms with Crippen molar-refractivity contribution in [3.8, 4) is 0 Å². The molecular formula is C17H35N3. The van der Waals surface area contributed by atoms with Crippen LogP contribution in [0.3, 0.4) is 0 Å². The Hall–Kier alpha value is -0.120. The summed E-state index contributed by atoms with van der Waals surface area (Å²) in [6.45, 7) is 7.03. The molecule has 118 valence electrons. The van der Waals surface area contributed by atoms with Gasteiger partial charge in [-0.1, -0.05) is 19.8 Å². The van der Waals surface area contributed by atoms with Gasteiger partial charge in [-0.25, -0.2) is 0 Å². The molecule has 1 aliphatic heterocycles. The zero-order chi connectivity index (χ0) is 14.5. The van der Waals surface area contributed by atoms with Crippen LogP contribution < -0.4 is 5.73 Å². The topological polar surface area (TPSA) is 32.5 Å². The van der Waals surface area contributed by atoms with E-state index in [9.17, 15) is 0 Å². The van der Waals surface area contributed by atoms with Crippen LogP contribution in [-0.4, -0.2) is 56.1 Å². The molecule has 2 rings (SSSR count). The summed E-state index contributed by atoms with van der Waals surface area (Å²) in [6, 6.07) is 0.613. The first kappa shape index (κ1) is 16.3. The number of rotatable bonds is 5. The van der Waals surface area contributed by atoms with Gasteiger partial charge in [-0.3, -0.25) is 0 Å². The maximum Gasteiger partial charge on any atom is 0.0243 e. The number of piperidine rings is 1. The molecule has 1 unspecified atom stereocenters. The van der Waals surface area contributed by atoms with Gasteiger partial charge in [0.1, 0.15) is 0 Å². The van der Waals surface area contributed by atoms with Gasteiger partial charge >= 0.3 is 0 Å². The number of likely N-dealkylation sites (N-methyl/N-ethyl adjacent to an activating group) is 1. The van der Waals surface area contributed by atoms with E-state index < -0.39 is 0 Å². The quantitative estimate of drug-likeness (QED) is 0.840. The molecule has 20 heavy (non-hydrogen) atoms. The smallest absolute Gasteiger partial charge is 0.0243 e. The minimum absolute atomic E-state index is 0.613. The van der Waals surface area contributed by atoms with Crippen molar-refractivity contribution >= 4 is 0 Å². The summed E-state index contributed by atoms with van der Waals surface area (Å²) in [5.41, 5.74) is 6.12. The molecule has 2 aliphatic rings. The molecular weight excluding hydrogens is 246 g/mol. The average molecular weight is 281 g/mol. The van der Waals surface area contributed by atoms with Crippen LogP contribution in [0.2, 0.25) is 0 Å². The Labute approximate surface area is 125 Å². The Kier molecular flexibility index (Phi) is 6.31. The zero-order valence-corrected chi connectivity index (χ0v) is 13.9. The molecule has 0 aromatic heterocycles. The van der Waals surface area contributed by atoms with Crippen molar-refractivity contribution < 1.29 is 0 Å². The van der Waals surface area contributed by atoms with Gasteiger partial charge in [-0.2, -0.15) is 0 Å². The summed E-state index contributed by atoms with van der Waals surface area (Å²) < 4.78 is 0. The summed E-state index contributed by atoms with van der Waals surface area (Å²) in [5.74, 6) is 2.66. The van der Waals surface area contributed by atoms with Gasteiger partial charge in [0.15, 0.2) is 0 Å². The highest BCUT2D eigenvalue weighted by Crippen LogP contribution is 2.32. The lowest BCUT2D eigenvalue weighted by molar-refractivity contribution is 0.101. The van der Waals surface area contributed by atoms with E-state index in [0.717, 1.165) is 24.3 Å². The Balaban J connectivity index is 1.80. The summed E-state index contributed by atoms with van der Waals surface area (Å²) in [7, 11) is 4.56. The molecule has 1 aliphatic carbocycles. The first-order valence-corrected chi connectivity index (χ1v) is 8.69. The molecule has 0 spiro atoms. The van der Waals surface area contributed by atoms with Crippen molar-refractivity contribution in [2.45, 2.75) is 51.5 Å². The summed E-state index contributed by atoms with van der Waals surface area (Å²) in [5, 5.41) is 0. The highest BCUT2D eigenvalue weighted by Gasteiger charge is 2.29. The fourth-order valence-corrected chi connectivity index (χ4v) is 4.19. The van der Waals surface area contributed by atoms with E-state index in [-0.39, 0.29) is 0 Å². The number of likely N-dealkylation sites (tertiary alicyclic amines) is 1. The van der Waals surface area contributed by atoms with Crippen molar-refractivity contribution in [1.82, 2.24) is 9.80 Å². The molecule has 1 saturated heterocycles. The number of nitrogens with zero attached hydrogens (tertiary/aromatic N) is 2. The highest BCUT2D eigenvalue weighted by atomic mass is 15.2.